The minimum atomic E-state index is -0.309. The number of alkyl halides is 1. The maximum Gasteiger partial charge on any atom is 0.149 e. The Balaban J connectivity index is 2.60. The summed E-state index contributed by atoms with van der Waals surface area (Å²) in [5.74, 6) is -0.0392. The molecule has 0 aliphatic carbocycles. The lowest BCUT2D eigenvalue weighted by Crippen LogP contribution is -2.02. The summed E-state index contributed by atoms with van der Waals surface area (Å²) in [7, 11) is 0. The zero-order valence-electron chi connectivity index (χ0n) is 8.24. The van der Waals surface area contributed by atoms with Crippen molar-refractivity contribution in [3.63, 3.8) is 0 Å². The largest absolute Gasteiger partial charge is 0.237 e. The van der Waals surface area contributed by atoms with Crippen molar-refractivity contribution in [1.82, 2.24) is 9.78 Å². The summed E-state index contributed by atoms with van der Waals surface area (Å²) < 4.78 is 15.1. The smallest absolute Gasteiger partial charge is 0.149 e. The molecule has 0 unspecified atom stereocenters. The minimum Gasteiger partial charge on any atom is -0.237 e. The fourth-order valence-electron chi connectivity index (χ4n) is 1.46. The zero-order chi connectivity index (χ0) is 10.8. The van der Waals surface area contributed by atoms with Crippen LogP contribution in [0.3, 0.4) is 0 Å². The predicted octanol–water partition coefficient (Wildman–Crippen LogP) is 3.06. The molecular weight excluding hydrogens is 215 g/mol. The quantitative estimate of drug-likeness (QED) is 0.717. The van der Waals surface area contributed by atoms with Crippen LogP contribution in [0.2, 0.25) is 0 Å². The molecule has 0 amide bonds. The normalized spacial score (nSPS) is 10.6. The Morgan fingerprint density at radius 3 is 2.87 bits per heavy atom. The molecule has 0 N–H and O–H groups in total. The van der Waals surface area contributed by atoms with Gasteiger partial charge in [-0.2, -0.15) is 5.10 Å². The second-order valence-corrected chi connectivity index (χ2v) is 3.61. The summed E-state index contributed by atoms with van der Waals surface area (Å²) in [4.78, 5) is 0. The Hall–Kier alpha value is -1.35. The van der Waals surface area contributed by atoms with Crippen LogP contribution < -0.4 is 0 Å². The maximum absolute atomic E-state index is 13.6. The molecule has 0 atom stereocenters. The van der Waals surface area contributed by atoms with Gasteiger partial charge in [-0.05, 0) is 24.1 Å². The highest BCUT2D eigenvalue weighted by atomic mass is 35.5. The molecule has 0 spiro atoms. The lowest BCUT2D eigenvalue weighted by atomic mass is 10.2. The number of benzene rings is 1. The van der Waals surface area contributed by atoms with Gasteiger partial charge in [0, 0.05) is 12.1 Å². The Labute approximate surface area is 92.3 Å². The van der Waals surface area contributed by atoms with Gasteiger partial charge < -0.3 is 0 Å². The van der Waals surface area contributed by atoms with Crippen LogP contribution in [-0.4, -0.2) is 9.78 Å². The number of rotatable bonds is 2. The average molecular weight is 225 g/mol. The molecule has 78 valence electrons. The average Bonchev–Trinajstić information content (AvgIpc) is 2.64. The second kappa shape index (κ2) is 4.03. The van der Waals surface area contributed by atoms with Gasteiger partial charge in [-0.3, -0.25) is 0 Å². The Morgan fingerprint density at radius 2 is 2.27 bits per heavy atom. The van der Waals surface area contributed by atoms with E-state index in [1.165, 1.54) is 10.7 Å². The number of aryl methyl sites for hydroxylation is 1. The Kier molecular flexibility index (Phi) is 2.73. The number of hydrogen-bond donors (Lipinski definition) is 0. The molecule has 2 nitrogen and oxygen atoms in total. The van der Waals surface area contributed by atoms with E-state index >= 15 is 0 Å². The third-order valence-corrected chi connectivity index (χ3v) is 2.44. The third-order valence-electron chi connectivity index (χ3n) is 2.16. The lowest BCUT2D eigenvalue weighted by molar-refractivity contribution is 0.608. The van der Waals surface area contributed by atoms with Gasteiger partial charge in [0.1, 0.15) is 11.5 Å². The van der Waals surface area contributed by atoms with Crippen LogP contribution in [0.25, 0.3) is 5.69 Å². The van der Waals surface area contributed by atoms with Crippen molar-refractivity contribution in [3.05, 3.63) is 47.5 Å². The van der Waals surface area contributed by atoms with Gasteiger partial charge in [0.25, 0.3) is 0 Å². The predicted molar refractivity (Wildman–Crippen MR) is 57.8 cm³/mol. The van der Waals surface area contributed by atoms with E-state index in [4.69, 9.17) is 11.6 Å². The SMILES string of the molecule is Cc1cnn(-c2c(F)cccc2CCl)c1. The van der Waals surface area contributed by atoms with Crippen LogP contribution in [0.15, 0.2) is 30.6 Å². The number of nitrogens with zero attached hydrogens (tertiary/aromatic N) is 2. The fraction of sp³-hybridized carbons (Fsp3) is 0.182. The maximum atomic E-state index is 13.6. The highest BCUT2D eigenvalue weighted by Crippen LogP contribution is 2.20. The van der Waals surface area contributed by atoms with Crippen LogP contribution in [0.1, 0.15) is 11.1 Å². The molecule has 0 aliphatic rings. The summed E-state index contributed by atoms with van der Waals surface area (Å²) in [6.07, 6.45) is 3.46. The van der Waals surface area contributed by atoms with Gasteiger partial charge in [0.05, 0.1) is 6.20 Å². The van der Waals surface area contributed by atoms with Crippen LogP contribution in [0, 0.1) is 12.7 Å². The summed E-state index contributed by atoms with van der Waals surface area (Å²) in [6, 6.07) is 4.84. The molecule has 2 rings (SSSR count). The monoisotopic (exact) mass is 224 g/mol. The van der Waals surface area contributed by atoms with Crippen molar-refractivity contribution in [2.45, 2.75) is 12.8 Å². The number of halogens is 2. The summed E-state index contributed by atoms with van der Waals surface area (Å²) >= 11 is 5.75. The molecule has 0 fully saturated rings. The molecule has 0 radical (unpaired) electrons. The van der Waals surface area contributed by atoms with Crippen LogP contribution in [0.5, 0.6) is 0 Å². The number of aromatic nitrogens is 2. The molecule has 4 heteroatoms. The first-order chi connectivity index (χ1) is 7.22. The molecule has 1 aromatic carbocycles. The van der Waals surface area contributed by atoms with Crippen molar-refractivity contribution in [2.75, 3.05) is 0 Å². The molecular formula is C11H10ClFN2. The van der Waals surface area contributed by atoms with Gasteiger partial charge in [-0.25, -0.2) is 9.07 Å². The van der Waals surface area contributed by atoms with Crippen molar-refractivity contribution < 1.29 is 4.39 Å². The Bertz CT molecular complexity index is 479. The molecule has 1 aromatic heterocycles. The second-order valence-electron chi connectivity index (χ2n) is 3.34. The van der Waals surface area contributed by atoms with Crippen LogP contribution in [-0.2, 0) is 5.88 Å². The highest BCUT2D eigenvalue weighted by molar-refractivity contribution is 6.17. The van der Waals surface area contributed by atoms with Crippen molar-refractivity contribution >= 4 is 11.6 Å². The summed E-state index contributed by atoms with van der Waals surface area (Å²) in [6.45, 7) is 1.91. The third kappa shape index (κ3) is 1.88. The minimum absolute atomic E-state index is 0.270. The van der Waals surface area contributed by atoms with Gasteiger partial charge >= 0.3 is 0 Å². The summed E-state index contributed by atoms with van der Waals surface area (Å²) in [5.41, 5.74) is 2.15. The van der Waals surface area contributed by atoms with Crippen LogP contribution >= 0.6 is 11.6 Å². The van der Waals surface area contributed by atoms with E-state index in [1.807, 2.05) is 6.92 Å². The van der Waals surface area contributed by atoms with E-state index in [2.05, 4.69) is 5.10 Å². The number of para-hydroxylation sites is 1. The fourth-order valence-corrected chi connectivity index (χ4v) is 1.68. The van der Waals surface area contributed by atoms with Crippen LogP contribution in [0.4, 0.5) is 4.39 Å². The zero-order valence-corrected chi connectivity index (χ0v) is 9.00. The Morgan fingerprint density at radius 1 is 1.47 bits per heavy atom. The van der Waals surface area contributed by atoms with Gasteiger partial charge in [-0.1, -0.05) is 12.1 Å². The van der Waals surface area contributed by atoms with E-state index in [0.717, 1.165) is 11.1 Å². The van der Waals surface area contributed by atoms with E-state index in [-0.39, 0.29) is 11.7 Å². The highest BCUT2D eigenvalue weighted by Gasteiger charge is 2.10. The van der Waals surface area contributed by atoms with Crippen molar-refractivity contribution in [2.24, 2.45) is 0 Å². The first kappa shape index (κ1) is 10.2. The van der Waals surface area contributed by atoms with E-state index in [9.17, 15) is 4.39 Å². The first-order valence-corrected chi connectivity index (χ1v) is 5.11. The molecule has 0 saturated heterocycles. The standard InChI is InChI=1S/C11H10ClFN2/c1-8-6-14-15(7-8)11-9(5-12)3-2-4-10(11)13/h2-4,6-7H,5H2,1H3. The van der Waals surface area contributed by atoms with E-state index in [1.54, 1.807) is 24.5 Å². The molecule has 0 bridgehead atoms. The topological polar surface area (TPSA) is 17.8 Å². The number of hydrogen-bond acceptors (Lipinski definition) is 1. The molecule has 1 heterocycles. The van der Waals surface area contributed by atoms with Gasteiger partial charge in [0.15, 0.2) is 0 Å². The van der Waals surface area contributed by atoms with Crippen molar-refractivity contribution in [1.29, 1.82) is 0 Å². The molecule has 15 heavy (non-hydrogen) atoms. The van der Waals surface area contributed by atoms with E-state index in [0.29, 0.717) is 5.69 Å². The van der Waals surface area contributed by atoms with Gasteiger partial charge in [0.2, 0.25) is 0 Å². The molecule has 0 saturated carbocycles. The molecule has 2 aromatic rings. The summed E-state index contributed by atoms with van der Waals surface area (Å²) in [5, 5.41) is 4.07. The lowest BCUT2D eigenvalue weighted by Gasteiger charge is -2.07. The van der Waals surface area contributed by atoms with Crippen molar-refractivity contribution in [3.8, 4) is 5.69 Å². The first-order valence-electron chi connectivity index (χ1n) is 4.57. The van der Waals surface area contributed by atoms with Gasteiger partial charge in [-0.15, -0.1) is 11.6 Å². The van der Waals surface area contributed by atoms with E-state index < -0.39 is 0 Å². The molecule has 0 aliphatic heterocycles.